The highest BCUT2D eigenvalue weighted by atomic mass is 35.5. The van der Waals surface area contributed by atoms with Crippen molar-refractivity contribution in [1.29, 1.82) is 0 Å². The second-order valence-corrected chi connectivity index (χ2v) is 14.4. The molecule has 0 saturated heterocycles. The molecular formula is C42H46ClN9O15S. The van der Waals surface area contributed by atoms with Crippen LogP contribution in [-0.4, -0.2) is 118 Å². The summed E-state index contributed by atoms with van der Waals surface area (Å²) in [4.78, 5) is 107. The van der Waals surface area contributed by atoms with Crippen molar-refractivity contribution in [2.75, 3.05) is 60.7 Å². The van der Waals surface area contributed by atoms with Crippen LogP contribution >= 0.6 is 23.5 Å². The predicted molar refractivity (Wildman–Crippen MR) is 241 cm³/mol. The van der Waals surface area contributed by atoms with Gasteiger partial charge in [-0.05, 0) is 108 Å². The second kappa shape index (κ2) is 24.7. The number of rotatable bonds is 18. The molecule has 0 atom stereocenters. The van der Waals surface area contributed by atoms with Crippen molar-refractivity contribution in [3.05, 3.63) is 70.9 Å². The topological polar surface area (TPSA) is 275 Å². The van der Waals surface area contributed by atoms with E-state index in [0.29, 0.717) is 28.3 Å². The van der Waals surface area contributed by atoms with Crippen molar-refractivity contribution in [3.63, 3.8) is 0 Å². The number of aryl methyl sites for hydroxylation is 1. The highest BCUT2D eigenvalue weighted by molar-refractivity contribution is 8.00. The molecule has 0 saturated carbocycles. The van der Waals surface area contributed by atoms with Gasteiger partial charge < -0.3 is 42.3 Å². The molecule has 68 heavy (non-hydrogen) atoms. The maximum absolute atomic E-state index is 13.8. The molecule has 0 aliphatic carbocycles. The van der Waals surface area contributed by atoms with Gasteiger partial charge in [-0.15, -0.1) is 14.9 Å². The number of fused-ring (bicyclic) bond motifs is 1. The number of benzene rings is 2. The number of carbonyl (C=O) groups excluding carboxylic acids is 7. The van der Waals surface area contributed by atoms with Crippen LogP contribution in [0.5, 0.6) is 5.75 Å². The molecule has 0 unspecified atom stereocenters. The van der Waals surface area contributed by atoms with Crippen LogP contribution < -0.4 is 19.3 Å². The van der Waals surface area contributed by atoms with Gasteiger partial charge in [0.05, 0.1) is 56.5 Å². The van der Waals surface area contributed by atoms with Gasteiger partial charge >= 0.3 is 36.6 Å². The van der Waals surface area contributed by atoms with E-state index in [2.05, 4.69) is 24.8 Å². The lowest BCUT2D eigenvalue weighted by molar-refractivity contribution is 0.0594. The third kappa shape index (κ3) is 12.8. The lowest BCUT2D eigenvalue weighted by Gasteiger charge is -2.22. The lowest BCUT2D eigenvalue weighted by atomic mass is 10.1. The fourth-order valence-corrected chi connectivity index (χ4v) is 6.83. The van der Waals surface area contributed by atoms with Gasteiger partial charge in [-0.2, -0.15) is 19.5 Å². The molecule has 1 N–H and O–H groups in total. The van der Waals surface area contributed by atoms with Crippen LogP contribution in [0.3, 0.4) is 0 Å². The maximum Gasteiger partial charge on any atom is 0.513 e. The van der Waals surface area contributed by atoms with E-state index in [0.717, 1.165) is 26.9 Å². The summed E-state index contributed by atoms with van der Waals surface area (Å²) in [5, 5.41) is 4.13. The molecule has 3 heterocycles. The van der Waals surface area contributed by atoms with Crippen LogP contribution in [0.2, 0.25) is 5.02 Å². The van der Waals surface area contributed by atoms with E-state index in [9.17, 15) is 33.6 Å². The molecule has 0 spiro atoms. The van der Waals surface area contributed by atoms with Gasteiger partial charge in [0.2, 0.25) is 11.8 Å². The number of amides is 6. The molecule has 6 amide bonds. The quantitative estimate of drug-likeness (QED) is 0.0372. The molecule has 0 bridgehead atoms. The van der Waals surface area contributed by atoms with Crippen molar-refractivity contribution in [1.82, 2.24) is 29.5 Å². The molecule has 0 radical (unpaired) electrons. The average molecular weight is 984 g/mol. The third-order valence-corrected chi connectivity index (χ3v) is 9.73. The Kier molecular flexibility index (Phi) is 18.7. The summed E-state index contributed by atoms with van der Waals surface area (Å²) < 4.78 is 45.1. The van der Waals surface area contributed by atoms with Gasteiger partial charge in [-0.3, -0.25) is 4.79 Å². The number of nitrogens with zero attached hydrogens (tertiary/aromatic N) is 8. The van der Waals surface area contributed by atoms with E-state index >= 15 is 0 Å². The molecule has 5 aromatic rings. The number of hydrogen-bond acceptors (Lipinski definition) is 21. The molecule has 362 valence electrons. The highest BCUT2D eigenvalue weighted by Crippen LogP contribution is 2.36. The third-order valence-electron chi connectivity index (χ3n) is 8.64. The zero-order valence-corrected chi connectivity index (χ0v) is 39.1. The first-order chi connectivity index (χ1) is 32.8. The predicted octanol–water partition coefficient (Wildman–Crippen LogP) is 8.56. The Morgan fingerprint density at radius 2 is 1.34 bits per heavy atom. The summed E-state index contributed by atoms with van der Waals surface area (Å²) in [7, 11) is 0. The first-order valence-corrected chi connectivity index (χ1v) is 22.1. The Hall–Kier alpha value is -7.67. The van der Waals surface area contributed by atoms with Crippen molar-refractivity contribution in [2.24, 2.45) is 0 Å². The van der Waals surface area contributed by atoms with Gasteiger partial charge in [0.25, 0.3) is 17.6 Å². The first kappa shape index (κ1) is 51.3. The molecule has 0 aliphatic heterocycles. The summed E-state index contributed by atoms with van der Waals surface area (Å²) in [5.41, 5.74) is 0.971. The Labute approximate surface area is 397 Å². The average Bonchev–Trinajstić information content (AvgIpc) is 4.00. The van der Waals surface area contributed by atoms with Crippen LogP contribution in [0.1, 0.15) is 63.9 Å². The standard InChI is InChI=1S/C42H46ClN9O15S/c1-7-60-37(54)49(34-45-35-44-32(30-16-14-22-66-30)47-52(35)36(46-34)51(40(57)63-10-4)41(58)64-11-5)21-13-15-25-17-19-26(20-18-25)48-68-27-23-28(31(29(43)24-27)67-42(59)65-12-6)33(53)50(38(55)61-8-2)39(56)62-9-3/h14,16-20,22-24,48H,7-13,15,21H2,1-6H3. The zero-order chi connectivity index (χ0) is 49.3. The molecule has 3 aromatic heterocycles. The van der Waals surface area contributed by atoms with E-state index in [-0.39, 0.29) is 79.4 Å². The molecule has 26 heteroatoms. The minimum Gasteiger partial charge on any atom is -0.461 e. The zero-order valence-electron chi connectivity index (χ0n) is 37.5. The van der Waals surface area contributed by atoms with Crippen LogP contribution in [-0.2, 0) is 34.8 Å². The van der Waals surface area contributed by atoms with Gasteiger partial charge in [0, 0.05) is 17.1 Å². The summed E-state index contributed by atoms with van der Waals surface area (Å²) in [5.74, 6) is -2.34. The van der Waals surface area contributed by atoms with Crippen LogP contribution in [0.25, 0.3) is 17.4 Å². The van der Waals surface area contributed by atoms with Gasteiger partial charge in [0.15, 0.2) is 11.5 Å². The number of hydrogen-bond donors (Lipinski definition) is 1. The minimum atomic E-state index is -1.33. The van der Waals surface area contributed by atoms with Crippen molar-refractivity contribution < 1.29 is 71.1 Å². The Morgan fingerprint density at radius 1 is 0.735 bits per heavy atom. The molecule has 5 rings (SSSR count). The van der Waals surface area contributed by atoms with Crippen molar-refractivity contribution >= 4 is 89.4 Å². The fourth-order valence-electron chi connectivity index (χ4n) is 5.78. The fraction of sp³-hybridized carbons (Fsp3) is 0.357. The lowest BCUT2D eigenvalue weighted by Crippen LogP contribution is -2.42. The summed E-state index contributed by atoms with van der Waals surface area (Å²) in [6, 6.07) is 13.0. The van der Waals surface area contributed by atoms with E-state index in [4.69, 9.17) is 49.2 Å². The normalized spacial score (nSPS) is 10.7. The number of ether oxygens (including phenoxy) is 7. The molecule has 24 nitrogen and oxygen atoms in total. The number of carbonyl (C=O) groups is 7. The SMILES string of the molecule is CCOC(=O)Oc1c(Cl)cc(SNc2ccc(CCCN(C(=O)OCC)c3nc(N(C(=O)OCC)C(=O)OCC)n4nc(-c5ccco5)nc4n3)cc2)cc1C(=O)N(C(=O)OCC)C(=O)OCC. The van der Waals surface area contributed by atoms with Crippen molar-refractivity contribution in [3.8, 4) is 17.3 Å². The van der Waals surface area contributed by atoms with Crippen LogP contribution in [0.4, 0.5) is 46.4 Å². The Balaban J connectivity index is 1.37. The number of nitrogens with one attached hydrogen (secondary N) is 1. The molecule has 0 aliphatic rings. The summed E-state index contributed by atoms with van der Waals surface area (Å²) in [6.45, 7) is 8.55. The van der Waals surface area contributed by atoms with Crippen molar-refractivity contribution in [2.45, 2.75) is 59.3 Å². The van der Waals surface area contributed by atoms with E-state index in [1.807, 2.05) is 12.1 Å². The second-order valence-electron chi connectivity index (χ2n) is 13.1. The highest BCUT2D eigenvalue weighted by Gasteiger charge is 2.37. The summed E-state index contributed by atoms with van der Waals surface area (Å²) in [6.07, 6.45) is -4.81. The number of furan rings is 1. The maximum atomic E-state index is 13.8. The van der Waals surface area contributed by atoms with Crippen LogP contribution in [0, 0.1) is 0 Å². The van der Waals surface area contributed by atoms with E-state index in [1.54, 1.807) is 45.0 Å². The molecule has 0 fully saturated rings. The molecular weight excluding hydrogens is 938 g/mol. The number of halogens is 1. The van der Waals surface area contributed by atoms with Crippen LogP contribution in [0.15, 0.2) is 64.1 Å². The smallest absolute Gasteiger partial charge is 0.461 e. The summed E-state index contributed by atoms with van der Waals surface area (Å²) >= 11 is 7.50. The first-order valence-electron chi connectivity index (χ1n) is 20.9. The van der Waals surface area contributed by atoms with Gasteiger partial charge in [-0.25, -0.2) is 33.7 Å². The number of imide groups is 4. The van der Waals surface area contributed by atoms with E-state index < -0.39 is 59.8 Å². The Morgan fingerprint density at radius 3 is 1.93 bits per heavy atom. The molecule has 2 aromatic carbocycles. The Bertz CT molecular complexity index is 2560. The monoisotopic (exact) mass is 983 g/mol. The van der Waals surface area contributed by atoms with Gasteiger partial charge in [0.1, 0.15) is 0 Å². The number of anilines is 3. The number of aromatic nitrogens is 5. The van der Waals surface area contributed by atoms with E-state index in [1.165, 1.54) is 39.2 Å². The minimum absolute atomic E-state index is 0.00275. The van der Waals surface area contributed by atoms with Gasteiger partial charge in [-0.1, -0.05) is 23.7 Å². The largest absolute Gasteiger partial charge is 0.513 e.